The minimum absolute atomic E-state index is 0.0639. The molecule has 1 aromatic rings. The molecule has 16 heavy (non-hydrogen) atoms. The van der Waals surface area contributed by atoms with Crippen molar-refractivity contribution in [2.75, 3.05) is 5.75 Å². The Bertz CT molecular complexity index is 524. The maximum Gasteiger partial charge on any atom is 0.192 e. The number of fused-ring (bicyclic) bond motifs is 1. The SMILES string of the molecule is CCS(=O)(=O)C1(O)CCc2cc(Cl)ccc21. The van der Waals surface area contributed by atoms with E-state index in [1.165, 1.54) is 0 Å². The Morgan fingerprint density at radius 3 is 2.81 bits per heavy atom. The van der Waals surface area contributed by atoms with Gasteiger partial charge in [-0.15, -0.1) is 0 Å². The Labute approximate surface area is 100.0 Å². The van der Waals surface area contributed by atoms with Gasteiger partial charge in [-0.3, -0.25) is 0 Å². The van der Waals surface area contributed by atoms with Gasteiger partial charge < -0.3 is 5.11 Å². The van der Waals surface area contributed by atoms with E-state index in [2.05, 4.69) is 0 Å². The van der Waals surface area contributed by atoms with Crippen LogP contribution in [0.4, 0.5) is 0 Å². The van der Waals surface area contributed by atoms with Crippen LogP contribution in [0, 0.1) is 0 Å². The molecule has 0 aliphatic heterocycles. The van der Waals surface area contributed by atoms with E-state index >= 15 is 0 Å². The van der Waals surface area contributed by atoms with Crippen molar-refractivity contribution in [3.05, 3.63) is 34.3 Å². The van der Waals surface area contributed by atoms with Gasteiger partial charge in [-0.05, 0) is 30.5 Å². The number of benzene rings is 1. The van der Waals surface area contributed by atoms with Crippen molar-refractivity contribution in [2.45, 2.75) is 24.7 Å². The number of aliphatic hydroxyl groups is 1. The van der Waals surface area contributed by atoms with E-state index in [0.29, 0.717) is 17.0 Å². The number of hydrogen-bond donors (Lipinski definition) is 1. The molecule has 0 aromatic heterocycles. The Balaban J connectivity index is 2.60. The van der Waals surface area contributed by atoms with Gasteiger partial charge in [0.2, 0.25) is 0 Å². The number of aryl methyl sites for hydroxylation is 1. The van der Waals surface area contributed by atoms with Crippen molar-refractivity contribution in [1.29, 1.82) is 0 Å². The standard InChI is InChI=1S/C11H13ClO3S/c1-2-16(14,15)11(13)6-5-8-7-9(12)3-4-10(8)11/h3-4,7,13H,2,5-6H2,1H3. The highest BCUT2D eigenvalue weighted by molar-refractivity contribution is 7.92. The zero-order valence-electron chi connectivity index (χ0n) is 8.90. The van der Waals surface area contributed by atoms with Crippen molar-refractivity contribution in [1.82, 2.24) is 0 Å². The van der Waals surface area contributed by atoms with E-state index in [0.717, 1.165) is 5.56 Å². The first kappa shape index (κ1) is 11.9. The average Bonchev–Trinajstić information content (AvgIpc) is 2.57. The second-order valence-corrected chi connectivity index (χ2v) is 6.91. The predicted molar refractivity (Wildman–Crippen MR) is 63.1 cm³/mol. The lowest BCUT2D eigenvalue weighted by molar-refractivity contribution is 0.126. The lowest BCUT2D eigenvalue weighted by Crippen LogP contribution is -2.34. The first-order valence-corrected chi connectivity index (χ1v) is 7.17. The average molecular weight is 261 g/mol. The maximum absolute atomic E-state index is 11.9. The van der Waals surface area contributed by atoms with Crippen LogP contribution in [0.3, 0.4) is 0 Å². The van der Waals surface area contributed by atoms with Crippen LogP contribution in [0.15, 0.2) is 18.2 Å². The summed E-state index contributed by atoms with van der Waals surface area (Å²) in [5, 5.41) is 10.9. The summed E-state index contributed by atoms with van der Waals surface area (Å²) in [6.45, 7) is 1.54. The van der Waals surface area contributed by atoms with E-state index in [-0.39, 0.29) is 12.2 Å². The van der Waals surface area contributed by atoms with Crippen LogP contribution in [0.1, 0.15) is 24.5 Å². The summed E-state index contributed by atoms with van der Waals surface area (Å²) in [6.07, 6.45) is 0.768. The van der Waals surface area contributed by atoms with Crippen LogP contribution in [0.5, 0.6) is 0 Å². The zero-order valence-corrected chi connectivity index (χ0v) is 10.5. The third-order valence-electron chi connectivity index (χ3n) is 3.12. The Morgan fingerprint density at radius 2 is 2.19 bits per heavy atom. The van der Waals surface area contributed by atoms with Gasteiger partial charge in [0, 0.05) is 10.6 Å². The molecule has 5 heteroatoms. The molecule has 0 saturated heterocycles. The molecule has 0 amide bonds. The minimum Gasteiger partial charge on any atom is -0.371 e. The van der Waals surface area contributed by atoms with Gasteiger partial charge in [0.1, 0.15) is 0 Å². The number of hydrogen-bond acceptors (Lipinski definition) is 3. The number of rotatable bonds is 2. The molecule has 1 aromatic carbocycles. The van der Waals surface area contributed by atoms with Gasteiger partial charge >= 0.3 is 0 Å². The minimum atomic E-state index is -3.51. The summed E-state index contributed by atoms with van der Waals surface area (Å²) >= 11 is 5.83. The highest BCUT2D eigenvalue weighted by Crippen LogP contribution is 2.42. The van der Waals surface area contributed by atoms with Gasteiger partial charge in [0.25, 0.3) is 0 Å². The molecule has 3 nitrogen and oxygen atoms in total. The fourth-order valence-corrected chi connectivity index (χ4v) is 3.77. The fourth-order valence-electron chi connectivity index (χ4n) is 2.15. The van der Waals surface area contributed by atoms with Crippen LogP contribution >= 0.6 is 11.6 Å². The Hall–Kier alpha value is -0.580. The third kappa shape index (κ3) is 1.56. The molecule has 88 valence electrons. The molecule has 0 radical (unpaired) electrons. The third-order valence-corrected chi connectivity index (χ3v) is 5.56. The van der Waals surface area contributed by atoms with Crippen LogP contribution < -0.4 is 0 Å². The van der Waals surface area contributed by atoms with E-state index in [1.54, 1.807) is 25.1 Å². The van der Waals surface area contributed by atoms with Crippen molar-refractivity contribution < 1.29 is 13.5 Å². The number of halogens is 1. The highest BCUT2D eigenvalue weighted by Gasteiger charge is 2.46. The van der Waals surface area contributed by atoms with Gasteiger partial charge in [-0.25, -0.2) is 8.42 Å². The van der Waals surface area contributed by atoms with E-state index in [9.17, 15) is 13.5 Å². The van der Waals surface area contributed by atoms with Gasteiger partial charge in [-0.2, -0.15) is 0 Å². The topological polar surface area (TPSA) is 54.4 Å². The molecule has 1 aliphatic rings. The quantitative estimate of drug-likeness (QED) is 0.883. The van der Waals surface area contributed by atoms with Gasteiger partial charge in [0.15, 0.2) is 14.8 Å². The monoisotopic (exact) mass is 260 g/mol. The molecule has 0 spiro atoms. The second kappa shape index (κ2) is 3.72. The van der Waals surface area contributed by atoms with Crippen molar-refractivity contribution in [2.24, 2.45) is 0 Å². The summed E-state index contributed by atoms with van der Waals surface area (Å²) in [6, 6.07) is 4.94. The molecule has 1 N–H and O–H groups in total. The van der Waals surface area contributed by atoms with Crippen molar-refractivity contribution in [3.8, 4) is 0 Å². The molecule has 0 fully saturated rings. The summed E-state index contributed by atoms with van der Waals surface area (Å²) in [5.41, 5.74) is 1.31. The van der Waals surface area contributed by atoms with Gasteiger partial charge in [-0.1, -0.05) is 24.6 Å². The second-order valence-electron chi connectivity index (χ2n) is 3.99. The summed E-state index contributed by atoms with van der Waals surface area (Å²) in [4.78, 5) is -1.72. The fraction of sp³-hybridized carbons (Fsp3) is 0.455. The van der Waals surface area contributed by atoms with E-state index in [1.807, 2.05) is 0 Å². The number of sulfone groups is 1. The van der Waals surface area contributed by atoms with Gasteiger partial charge in [0.05, 0.1) is 5.75 Å². The molecule has 0 saturated carbocycles. The lowest BCUT2D eigenvalue weighted by atomic mass is 10.1. The molecule has 1 aliphatic carbocycles. The first-order valence-electron chi connectivity index (χ1n) is 5.14. The van der Waals surface area contributed by atoms with Crippen molar-refractivity contribution in [3.63, 3.8) is 0 Å². The molecule has 2 rings (SSSR count). The molecule has 0 heterocycles. The predicted octanol–water partition coefficient (Wildman–Crippen LogP) is 1.87. The zero-order chi connectivity index (χ0) is 12.0. The lowest BCUT2D eigenvalue weighted by Gasteiger charge is -2.23. The molecular formula is C11H13ClO3S. The van der Waals surface area contributed by atoms with Crippen LogP contribution in [-0.4, -0.2) is 19.3 Å². The van der Waals surface area contributed by atoms with E-state index in [4.69, 9.17) is 11.6 Å². The summed E-state index contributed by atoms with van der Waals surface area (Å²) in [5.74, 6) is -0.0639. The maximum atomic E-state index is 11.9. The van der Waals surface area contributed by atoms with E-state index < -0.39 is 14.8 Å². The van der Waals surface area contributed by atoms with Crippen molar-refractivity contribution >= 4 is 21.4 Å². The Morgan fingerprint density at radius 1 is 1.50 bits per heavy atom. The largest absolute Gasteiger partial charge is 0.371 e. The molecule has 1 unspecified atom stereocenters. The normalized spacial score (nSPS) is 24.4. The summed E-state index contributed by atoms with van der Waals surface area (Å²) < 4.78 is 23.8. The van der Waals surface area contributed by atoms with Crippen LogP contribution in [-0.2, 0) is 21.2 Å². The van der Waals surface area contributed by atoms with Crippen LogP contribution in [0.2, 0.25) is 5.02 Å². The molecule has 1 atom stereocenters. The smallest absolute Gasteiger partial charge is 0.192 e. The molecular weight excluding hydrogens is 248 g/mol. The van der Waals surface area contributed by atoms with Crippen LogP contribution in [0.25, 0.3) is 0 Å². The Kier molecular flexibility index (Phi) is 2.77. The first-order chi connectivity index (χ1) is 7.40. The molecule has 0 bridgehead atoms. The summed E-state index contributed by atoms with van der Waals surface area (Å²) in [7, 11) is -3.51. The highest BCUT2D eigenvalue weighted by atomic mass is 35.5.